The van der Waals surface area contributed by atoms with E-state index in [-0.39, 0.29) is 6.54 Å². The smallest absolute Gasteiger partial charge is 0.368 e. The largest absolute Gasteiger partial charge is 0.388 e. The Bertz CT molecular complexity index is 672. The van der Waals surface area contributed by atoms with Crippen LogP contribution in [-0.2, 0) is 19.4 Å². The lowest BCUT2D eigenvalue weighted by Crippen LogP contribution is -2.47. The van der Waals surface area contributed by atoms with Gasteiger partial charge in [-0.2, -0.15) is 13.5 Å². The van der Waals surface area contributed by atoms with Crippen LogP contribution in [0.3, 0.4) is 0 Å². The second kappa shape index (κ2) is 4.70. The number of urea groups is 1. The summed E-state index contributed by atoms with van der Waals surface area (Å²) in [5.41, 5.74) is 5.24. The van der Waals surface area contributed by atoms with Crippen molar-refractivity contribution in [2.45, 2.75) is 24.9 Å². The summed E-state index contributed by atoms with van der Waals surface area (Å²) in [7, 11) is -4.19. The van der Waals surface area contributed by atoms with E-state index < -0.39 is 34.3 Å². The molecule has 21 heavy (non-hydrogen) atoms. The van der Waals surface area contributed by atoms with Crippen molar-refractivity contribution in [1.82, 2.24) is 18.9 Å². The summed E-state index contributed by atoms with van der Waals surface area (Å²) in [5.74, 6) is -0.610. The molecule has 1 aromatic heterocycles. The Morgan fingerprint density at radius 3 is 2.81 bits per heavy atom. The Labute approximate surface area is 120 Å². The summed E-state index contributed by atoms with van der Waals surface area (Å²) in [4.78, 5) is 28.3. The van der Waals surface area contributed by atoms with Crippen molar-refractivity contribution in [1.29, 1.82) is 0 Å². The average molecular weight is 315 g/mol. The first-order valence-electron chi connectivity index (χ1n) is 6.22. The number of fused-ring (bicyclic) bond motifs is 2. The van der Waals surface area contributed by atoms with Crippen molar-refractivity contribution in [2.24, 2.45) is 5.73 Å². The summed E-state index contributed by atoms with van der Waals surface area (Å²) in [6.07, 6.45) is 4.34. The van der Waals surface area contributed by atoms with E-state index in [9.17, 15) is 18.0 Å². The predicted molar refractivity (Wildman–Crippen MR) is 67.6 cm³/mol. The first-order chi connectivity index (χ1) is 9.90. The fourth-order valence-corrected chi connectivity index (χ4v) is 3.38. The molecule has 2 aliphatic heterocycles. The first kappa shape index (κ1) is 13.8. The quantitative estimate of drug-likeness (QED) is 0.732. The second-order valence-electron chi connectivity index (χ2n) is 4.83. The molecule has 1 aromatic rings. The molecule has 0 spiro atoms. The molecule has 2 saturated heterocycles. The normalized spacial score (nSPS) is 25.4. The SMILES string of the molecule is NC(=O)[C@@H]1CC[C@@H]2CN1C(=O)N2OS(=O)(=O)n1ccnc1. The van der Waals surface area contributed by atoms with Gasteiger partial charge in [0, 0.05) is 18.9 Å². The topological polar surface area (TPSA) is 128 Å². The molecule has 2 aliphatic rings. The zero-order valence-electron chi connectivity index (χ0n) is 10.8. The van der Waals surface area contributed by atoms with Crippen molar-refractivity contribution >= 4 is 22.2 Å². The minimum atomic E-state index is -4.19. The highest BCUT2D eigenvalue weighted by atomic mass is 32.2. The van der Waals surface area contributed by atoms with Crippen LogP contribution in [-0.4, -0.2) is 57.9 Å². The molecule has 10 nitrogen and oxygen atoms in total. The minimum Gasteiger partial charge on any atom is -0.368 e. The maximum Gasteiger partial charge on any atom is 0.388 e. The van der Waals surface area contributed by atoms with Crippen molar-refractivity contribution in [3.05, 3.63) is 18.7 Å². The van der Waals surface area contributed by atoms with Gasteiger partial charge in [-0.25, -0.2) is 13.8 Å². The van der Waals surface area contributed by atoms with E-state index >= 15 is 0 Å². The van der Waals surface area contributed by atoms with Crippen molar-refractivity contribution in [2.75, 3.05) is 6.54 Å². The van der Waals surface area contributed by atoms with Gasteiger partial charge in [-0.3, -0.25) is 4.79 Å². The number of hydroxylamine groups is 2. The number of piperidine rings is 1. The molecule has 2 fully saturated rings. The highest BCUT2D eigenvalue weighted by Crippen LogP contribution is 2.30. The molecule has 3 heterocycles. The van der Waals surface area contributed by atoms with Gasteiger partial charge in [0.05, 0.1) is 6.04 Å². The molecule has 11 heteroatoms. The van der Waals surface area contributed by atoms with Gasteiger partial charge in [0.1, 0.15) is 12.4 Å². The highest BCUT2D eigenvalue weighted by molar-refractivity contribution is 7.85. The molecule has 114 valence electrons. The number of imidazole rings is 1. The Hall–Kier alpha value is -2.14. The molecule has 0 aromatic carbocycles. The van der Waals surface area contributed by atoms with E-state index in [2.05, 4.69) is 4.98 Å². The molecule has 0 unspecified atom stereocenters. The second-order valence-corrected chi connectivity index (χ2v) is 6.26. The van der Waals surface area contributed by atoms with Crippen molar-refractivity contribution < 1.29 is 22.3 Å². The monoisotopic (exact) mass is 315 g/mol. The summed E-state index contributed by atoms with van der Waals surface area (Å²) < 4.78 is 29.6. The van der Waals surface area contributed by atoms with Gasteiger partial charge < -0.3 is 10.6 Å². The molecule has 2 atom stereocenters. The standard InChI is InChI=1S/C10H13N5O5S/c11-9(16)8-2-1-7-5-14(8)10(17)15(7)20-21(18,19)13-4-3-12-6-13/h3-4,6-8H,1-2,5H2,(H2,11,16)/t7-,8+/m1/s1. The van der Waals surface area contributed by atoms with E-state index in [0.717, 1.165) is 15.4 Å². The zero-order chi connectivity index (χ0) is 15.2. The maximum atomic E-state index is 12.2. The molecule has 0 saturated carbocycles. The Morgan fingerprint density at radius 2 is 2.19 bits per heavy atom. The summed E-state index contributed by atoms with van der Waals surface area (Å²) in [5, 5.41) is 0.790. The number of aromatic nitrogens is 2. The van der Waals surface area contributed by atoms with Gasteiger partial charge in [-0.15, -0.1) is 4.28 Å². The van der Waals surface area contributed by atoms with Crippen molar-refractivity contribution in [3.63, 3.8) is 0 Å². The third kappa shape index (κ3) is 2.23. The molecular formula is C10H13N5O5S. The lowest BCUT2D eigenvalue weighted by molar-refractivity contribution is -0.122. The van der Waals surface area contributed by atoms with Gasteiger partial charge in [0.25, 0.3) is 0 Å². The van der Waals surface area contributed by atoms with Gasteiger partial charge in [-0.1, -0.05) is 0 Å². The van der Waals surface area contributed by atoms with Crippen LogP contribution >= 0.6 is 0 Å². The number of rotatable bonds is 4. The number of hydrogen-bond donors (Lipinski definition) is 1. The molecule has 0 aliphatic carbocycles. The van der Waals surface area contributed by atoms with Gasteiger partial charge in [0.2, 0.25) is 5.91 Å². The molecule has 2 N–H and O–H groups in total. The number of nitrogens with two attached hydrogens (primary N) is 1. The van der Waals surface area contributed by atoms with Crippen LogP contribution < -0.4 is 5.73 Å². The number of hydrogen-bond acceptors (Lipinski definition) is 6. The highest BCUT2D eigenvalue weighted by Gasteiger charge is 2.49. The van der Waals surface area contributed by atoms with Gasteiger partial charge in [-0.05, 0) is 12.8 Å². The first-order valence-corrected chi connectivity index (χ1v) is 7.59. The third-order valence-corrected chi connectivity index (χ3v) is 4.65. The zero-order valence-corrected chi connectivity index (χ0v) is 11.6. The Morgan fingerprint density at radius 1 is 1.43 bits per heavy atom. The maximum absolute atomic E-state index is 12.2. The number of carbonyl (C=O) groups excluding carboxylic acids is 2. The minimum absolute atomic E-state index is 0.214. The molecule has 3 amide bonds. The number of primary amides is 1. The number of carbonyl (C=O) groups is 2. The summed E-state index contributed by atoms with van der Waals surface area (Å²) in [6, 6.07) is -1.82. The average Bonchev–Trinajstić information content (AvgIpc) is 3.04. The van der Waals surface area contributed by atoms with Crippen LogP contribution in [0.4, 0.5) is 4.79 Å². The Kier molecular flexibility index (Phi) is 3.10. The lowest BCUT2D eigenvalue weighted by atomic mass is 10.0. The Balaban J connectivity index is 1.82. The van der Waals surface area contributed by atoms with Gasteiger partial charge >= 0.3 is 16.3 Å². The lowest BCUT2D eigenvalue weighted by Gasteiger charge is -2.27. The van der Waals surface area contributed by atoms with Crippen LogP contribution in [0, 0.1) is 0 Å². The van der Waals surface area contributed by atoms with Crippen molar-refractivity contribution in [3.8, 4) is 0 Å². The van der Waals surface area contributed by atoms with E-state index in [0.29, 0.717) is 12.8 Å². The molecule has 0 radical (unpaired) electrons. The van der Waals surface area contributed by atoms with E-state index in [4.69, 9.17) is 10.0 Å². The summed E-state index contributed by atoms with van der Waals surface area (Å²) >= 11 is 0. The fraction of sp³-hybridized carbons (Fsp3) is 0.500. The molecular weight excluding hydrogens is 302 g/mol. The molecule has 3 rings (SSSR count). The van der Waals surface area contributed by atoms with Gasteiger partial charge in [0.15, 0.2) is 0 Å². The fourth-order valence-electron chi connectivity index (χ4n) is 2.54. The summed E-state index contributed by atoms with van der Waals surface area (Å²) in [6.45, 7) is 0.214. The van der Waals surface area contributed by atoms with Crippen LogP contribution in [0.5, 0.6) is 0 Å². The predicted octanol–water partition coefficient (Wildman–Crippen LogP) is -1.34. The van der Waals surface area contributed by atoms with Crippen LogP contribution in [0.2, 0.25) is 0 Å². The molecule has 2 bridgehead atoms. The van der Waals surface area contributed by atoms with Crippen LogP contribution in [0.1, 0.15) is 12.8 Å². The van der Waals surface area contributed by atoms with E-state index in [1.165, 1.54) is 17.3 Å². The number of amides is 3. The van der Waals surface area contributed by atoms with E-state index in [1.807, 2.05) is 0 Å². The third-order valence-electron chi connectivity index (χ3n) is 3.56. The van der Waals surface area contributed by atoms with Crippen LogP contribution in [0.25, 0.3) is 0 Å². The van der Waals surface area contributed by atoms with Crippen LogP contribution in [0.15, 0.2) is 18.7 Å². The van der Waals surface area contributed by atoms with E-state index in [1.54, 1.807) is 0 Å². The number of nitrogens with zero attached hydrogens (tertiary/aromatic N) is 4.